The van der Waals surface area contributed by atoms with E-state index in [1.54, 1.807) is 0 Å². The Bertz CT molecular complexity index is 601. The summed E-state index contributed by atoms with van der Waals surface area (Å²) in [6.45, 7) is 4.05. The molecule has 0 bridgehead atoms. The second-order valence-electron chi connectivity index (χ2n) is 5.53. The van der Waals surface area contributed by atoms with Crippen LogP contribution in [0.3, 0.4) is 0 Å². The molecule has 0 amide bonds. The van der Waals surface area contributed by atoms with E-state index in [-0.39, 0.29) is 6.04 Å². The molecular weight excluding hydrogens is 260 g/mol. The van der Waals surface area contributed by atoms with E-state index in [1.807, 2.05) is 6.07 Å². The van der Waals surface area contributed by atoms with Crippen LogP contribution in [0.4, 0.5) is 0 Å². The van der Waals surface area contributed by atoms with Crippen molar-refractivity contribution in [2.75, 3.05) is 6.54 Å². The topological polar surface area (TPSA) is 42.7 Å². The van der Waals surface area contributed by atoms with Crippen LogP contribution < -0.4 is 5.32 Å². The summed E-state index contributed by atoms with van der Waals surface area (Å²) in [5.74, 6) is 2.21. The molecule has 4 heteroatoms. The van der Waals surface area contributed by atoms with E-state index in [9.17, 15) is 0 Å². The molecule has 2 aromatic rings. The fourth-order valence-corrected chi connectivity index (χ4v) is 2.75. The third-order valence-electron chi connectivity index (χ3n) is 3.93. The normalized spacial score (nSPS) is 16.0. The molecule has 21 heavy (non-hydrogen) atoms. The average Bonchev–Trinajstić information content (AvgIpc) is 2.96. The molecule has 1 unspecified atom stereocenters. The van der Waals surface area contributed by atoms with Crippen molar-refractivity contribution in [3.8, 4) is 0 Å². The molecule has 0 aliphatic carbocycles. The fourth-order valence-electron chi connectivity index (χ4n) is 2.75. The molecule has 0 fully saturated rings. The van der Waals surface area contributed by atoms with Crippen LogP contribution in [-0.2, 0) is 13.0 Å². The number of aryl methyl sites for hydroxylation is 1. The van der Waals surface area contributed by atoms with Gasteiger partial charge < -0.3 is 9.88 Å². The Hall–Kier alpha value is -1.94. The Morgan fingerprint density at radius 3 is 2.95 bits per heavy atom. The molecule has 1 N–H and O–H groups in total. The van der Waals surface area contributed by atoms with E-state index in [2.05, 4.69) is 63.4 Å². The Balaban J connectivity index is 1.56. The summed E-state index contributed by atoms with van der Waals surface area (Å²) in [5.41, 5.74) is 1.23. The Kier molecular flexibility index (Phi) is 4.46. The zero-order valence-corrected chi connectivity index (χ0v) is 12.5. The highest BCUT2D eigenvalue weighted by Gasteiger charge is 2.19. The van der Waals surface area contributed by atoms with Crippen LogP contribution in [0.25, 0.3) is 6.08 Å². The van der Waals surface area contributed by atoms with Gasteiger partial charge in [-0.05, 0) is 25.3 Å². The zero-order valence-electron chi connectivity index (χ0n) is 12.5. The predicted octanol–water partition coefficient (Wildman–Crippen LogP) is 2.98. The Labute approximate surface area is 125 Å². The quantitative estimate of drug-likeness (QED) is 0.916. The van der Waals surface area contributed by atoms with Crippen LogP contribution >= 0.6 is 0 Å². The summed E-state index contributed by atoms with van der Waals surface area (Å²) in [5, 5.41) is 12.2. The monoisotopic (exact) mass is 282 g/mol. The van der Waals surface area contributed by atoms with Gasteiger partial charge in [0.05, 0.1) is 6.04 Å². The average molecular weight is 282 g/mol. The van der Waals surface area contributed by atoms with Crippen molar-refractivity contribution in [2.24, 2.45) is 0 Å². The molecule has 1 aromatic heterocycles. The number of hydrogen-bond acceptors (Lipinski definition) is 3. The van der Waals surface area contributed by atoms with Gasteiger partial charge >= 0.3 is 0 Å². The second kappa shape index (κ2) is 6.68. The van der Waals surface area contributed by atoms with Gasteiger partial charge in [0.15, 0.2) is 0 Å². The number of nitrogens with zero attached hydrogens (tertiary/aromatic N) is 3. The van der Waals surface area contributed by atoms with Crippen molar-refractivity contribution >= 4 is 6.08 Å². The first kappa shape index (κ1) is 14.0. The number of rotatable bonds is 5. The third-order valence-corrected chi connectivity index (χ3v) is 3.93. The van der Waals surface area contributed by atoms with Crippen molar-refractivity contribution in [1.82, 2.24) is 20.1 Å². The lowest BCUT2D eigenvalue weighted by atomic mass is 10.1. The SMILES string of the molecule is CC(NCC=Cc1ccccc1)c1nnc2n1CCCC2. The van der Waals surface area contributed by atoms with Crippen LogP contribution in [0.2, 0.25) is 0 Å². The van der Waals surface area contributed by atoms with Gasteiger partial charge in [0.2, 0.25) is 0 Å². The summed E-state index contributed by atoms with van der Waals surface area (Å²) in [6.07, 6.45) is 7.82. The van der Waals surface area contributed by atoms with Crippen molar-refractivity contribution < 1.29 is 0 Å². The summed E-state index contributed by atoms with van der Waals surface area (Å²) in [7, 11) is 0. The maximum Gasteiger partial charge on any atom is 0.149 e. The first-order chi connectivity index (χ1) is 10.3. The molecule has 2 heterocycles. The maximum absolute atomic E-state index is 4.36. The van der Waals surface area contributed by atoms with Gasteiger partial charge in [-0.2, -0.15) is 0 Å². The van der Waals surface area contributed by atoms with Crippen LogP contribution in [-0.4, -0.2) is 21.3 Å². The molecule has 0 saturated carbocycles. The van der Waals surface area contributed by atoms with Gasteiger partial charge in [0, 0.05) is 19.5 Å². The van der Waals surface area contributed by atoms with Crippen LogP contribution in [0.5, 0.6) is 0 Å². The molecule has 1 aromatic carbocycles. The lowest BCUT2D eigenvalue weighted by Crippen LogP contribution is -2.23. The molecular formula is C17H22N4. The minimum atomic E-state index is 0.227. The Morgan fingerprint density at radius 2 is 2.10 bits per heavy atom. The number of benzene rings is 1. The molecule has 0 spiro atoms. The van der Waals surface area contributed by atoms with E-state index in [0.717, 1.165) is 31.2 Å². The molecule has 4 nitrogen and oxygen atoms in total. The second-order valence-corrected chi connectivity index (χ2v) is 5.53. The molecule has 1 aliphatic heterocycles. The molecule has 0 saturated heterocycles. The highest BCUT2D eigenvalue weighted by Crippen LogP contribution is 2.18. The molecule has 0 radical (unpaired) electrons. The molecule has 1 atom stereocenters. The van der Waals surface area contributed by atoms with Crippen LogP contribution in [0.1, 0.15) is 43.0 Å². The van der Waals surface area contributed by atoms with Crippen LogP contribution in [0, 0.1) is 0 Å². The summed E-state index contributed by atoms with van der Waals surface area (Å²) >= 11 is 0. The number of nitrogens with one attached hydrogen (secondary N) is 1. The minimum Gasteiger partial charge on any atom is -0.314 e. The van der Waals surface area contributed by atoms with Gasteiger partial charge in [-0.1, -0.05) is 42.5 Å². The molecule has 3 rings (SSSR count). The van der Waals surface area contributed by atoms with Crippen molar-refractivity contribution in [1.29, 1.82) is 0 Å². The van der Waals surface area contributed by atoms with Gasteiger partial charge in [-0.3, -0.25) is 0 Å². The maximum atomic E-state index is 4.36. The van der Waals surface area contributed by atoms with Crippen LogP contribution in [0.15, 0.2) is 36.4 Å². The molecule has 1 aliphatic rings. The lowest BCUT2D eigenvalue weighted by molar-refractivity contribution is 0.475. The van der Waals surface area contributed by atoms with E-state index in [4.69, 9.17) is 0 Å². The number of aromatic nitrogens is 3. The minimum absolute atomic E-state index is 0.227. The van der Waals surface area contributed by atoms with E-state index in [1.165, 1.54) is 18.4 Å². The van der Waals surface area contributed by atoms with Gasteiger partial charge in [0.25, 0.3) is 0 Å². The van der Waals surface area contributed by atoms with Crippen molar-refractivity contribution in [3.63, 3.8) is 0 Å². The highest BCUT2D eigenvalue weighted by molar-refractivity contribution is 5.48. The predicted molar refractivity (Wildman–Crippen MR) is 84.9 cm³/mol. The first-order valence-corrected chi connectivity index (χ1v) is 7.71. The fraction of sp³-hybridized carbons (Fsp3) is 0.412. The highest BCUT2D eigenvalue weighted by atomic mass is 15.3. The lowest BCUT2D eigenvalue weighted by Gasteiger charge is -2.18. The largest absolute Gasteiger partial charge is 0.314 e. The number of fused-ring (bicyclic) bond motifs is 1. The first-order valence-electron chi connectivity index (χ1n) is 7.71. The summed E-state index contributed by atoms with van der Waals surface area (Å²) in [4.78, 5) is 0. The van der Waals surface area contributed by atoms with E-state index >= 15 is 0 Å². The van der Waals surface area contributed by atoms with Crippen molar-refractivity contribution in [2.45, 2.75) is 38.8 Å². The summed E-state index contributed by atoms with van der Waals surface area (Å²) < 4.78 is 2.28. The van der Waals surface area contributed by atoms with E-state index in [0.29, 0.717) is 0 Å². The summed E-state index contributed by atoms with van der Waals surface area (Å²) in [6, 6.07) is 10.6. The van der Waals surface area contributed by atoms with E-state index < -0.39 is 0 Å². The number of hydrogen-bond donors (Lipinski definition) is 1. The zero-order chi connectivity index (χ0) is 14.5. The van der Waals surface area contributed by atoms with Gasteiger partial charge in [-0.15, -0.1) is 10.2 Å². The standard InChI is InChI=1S/C17H22N4/c1-14(17-20-19-16-11-5-6-13-21(16)17)18-12-7-10-15-8-3-2-4-9-15/h2-4,7-10,14,18H,5-6,11-13H2,1H3. The Morgan fingerprint density at radius 1 is 1.24 bits per heavy atom. The van der Waals surface area contributed by atoms with Crippen molar-refractivity contribution in [3.05, 3.63) is 53.6 Å². The smallest absolute Gasteiger partial charge is 0.149 e. The van der Waals surface area contributed by atoms with Gasteiger partial charge in [0.1, 0.15) is 11.6 Å². The van der Waals surface area contributed by atoms with Gasteiger partial charge in [-0.25, -0.2) is 0 Å². The third kappa shape index (κ3) is 3.39. The molecule has 110 valence electrons.